The van der Waals surface area contributed by atoms with Gasteiger partial charge in [-0.15, -0.1) is 11.3 Å². The van der Waals surface area contributed by atoms with E-state index in [2.05, 4.69) is 10.3 Å². The van der Waals surface area contributed by atoms with Crippen molar-refractivity contribution in [3.63, 3.8) is 0 Å². The van der Waals surface area contributed by atoms with Gasteiger partial charge in [-0.25, -0.2) is 9.78 Å². The van der Waals surface area contributed by atoms with Gasteiger partial charge < -0.3 is 11.1 Å². The number of thiazole rings is 1. The molecule has 16 heavy (non-hydrogen) atoms. The van der Waals surface area contributed by atoms with Crippen LogP contribution in [0.3, 0.4) is 0 Å². The van der Waals surface area contributed by atoms with Gasteiger partial charge in [0.2, 0.25) is 0 Å². The molecule has 0 fully saturated rings. The van der Waals surface area contributed by atoms with Gasteiger partial charge in [-0.05, 0) is 19.1 Å². The first kappa shape index (κ1) is 10.6. The van der Waals surface area contributed by atoms with Gasteiger partial charge in [0, 0.05) is 22.3 Å². The number of rotatable bonds is 2. The summed E-state index contributed by atoms with van der Waals surface area (Å²) in [6, 6.07) is 6.88. The third-order valence-corrected chi connectivity index (χ3v) is 2.96. The summed E-state index contributed by atoms with van der Waals surface area (Å²) in [6.07, 6.45) is 1.83. The van der Waals surface area contributed by atoms with Gasteiger partial charge in [0.05, 0.1) is 0 Å². The molecule has 3 N–H and O–H groups in total. The lowest BCUT2D eigenvalue weighted by molar-refractivity contribution is 0.259. The Morgan fingerprint density at radius 1 is 1.50 bits per heavy atom. The van der Waals surface area contributed by atoms with Crippen LogP contribution >= 0.6 is 11.3 Å². The molecule has 4 nitrogen and oxygen atoms in total. The van der Waals surface area contributed by atoms with E-state index in [1.54, 1.807) is 17.4 Å². The molecule has 0 saturated heterocycles. The van der Waals surface area contributed by atoms with Crippen molar-refractivity contribution in [3.8, 4) is 10.6 Å². The average Bonchev–Trinajstić information content (AvgIpc) is 2.64. The fourth-order valence-electron chi connectivity index (χ4n) is 1.36. The molecule has 2 amide bonds. The van der Waals surface area contributed by atoms with E-state index >= 15 is 0 Å². The van der Waals surface area contributed by atoms with Crippen LogP contribution in [-0.2, 0) is 0 Å². The van der Waals surface area contributed by atoms with Crippen molar-refractivity contribution in [2.75, 3.05) is 5.32 Å². The molecule has 0 saturated carbocycles. The number of nitrogens with one attached hydrogen (secondary N) is 1. The number of carbonyl (C=O) groups is 1. The third kappa shape index (κ3) is 2.38. The number of urea groups is 1. The van der Waals surface area contributed by atoms with Gasteiger partial charge >= 0.3 is 6.03 Å². The number of hydrogen-bond donors (Lipinski definition) is 2. The zero-order valence-electron chi connectivity index (χ0n) is 8.73. The van der Waals surface area contributed by atoms with Gasteiger partial charge in [0.25, 0.3) is 0 Å². The Kier molecular flexibility index (Phi) is 2.87. The van der Waals surface area contributed by atoms with Crippen molar-refractivity contribution >= 4 is 23.1 Å². The van der Waals surface area contributed by atoms with Gasteiger partial charge in [-0.1, -0.05) is 12.1 Å². The van der Waals surface area contributed by atoms with Crippen LogP contribution in [0.15, 0.2) is 30.5 Å². The van der Waals surface area contributed by atoms with E-state index in [0.717, 1.165) is 15.4 Å². The van der Waals surface area contributed by atoms with Crippen LogP contribution in [0, 0.1) is 6.92 Å². The van der Waals surface area contributed by atoms with Crippen LogP contribution in [0.4, 0.5) is 10.5 Å². The van der Waals surface area contributed by atoms with Gasteiger partial charge in [-0.2, -0.15) is 0 Å². The Morgan fingerprint density at radius 2 is 2.31 bits per heavy atom. The second-order valence-electron chi connectivity index (χ2n) is 3.35. The average molecular weight is 233 g/mol. The van der Waals surface area contributed by atoms with Crippen molar-refractivity contribution in [2.24, 2.45) is 5.73 Å². The topological polar surface area (TPSA) is 68.0 Å². The Balaban J connectivity index is 2.32. The summed E-state index contributed by atoms with van der Waals surface area (Å²) < 4.78 is 0. The molecule has 82 valence electrons. The number of aromatic nitrogens is 1. The predicted octanol–water partition coefficient (Wildman–Crippen LogP) is 2.61. The molecule has 2 rings (SSSR count). The van der Waals surface area contributed by atoms with Crippen molar-refractivity contribution < 1.29 is 4.79 Å². The van der Waals surface area contributed by atoms with E-state index in [0.29, 0.717) is 5.69 Å². The number of amides is 2. The van der Waals surface area contributed by atoms with Crippen LogP contribution < -0.4 is 11.1 Å². The summed E-state index contributed by atoms with van der Waals surface area (Å²) in [7, 11) is 0. The first-order valence-corrected chi connectivity index (χ1v) is 5.56. The summed E-state index contributed by atoms with van der Waals surface area (Å²) in [5, 5.41) is 3.47. The lowest BCUT2D eigenvalue weighted by Crippen LogP contribution is -2.19. The maximum atomic E-state index is 10.7. The summed E-state index contributed by atoms with van der Waals surface area (Å²) in [4.78, 5) is 16.2. The normalized spacial score (nSPS) is 10.1. The minimum absolute atomic E-state index is 0.563. The number of hydrogen-bond acceptors (Lipinski definition) is 3. The molecule has 0 aliphatic rings. The highest BCUT2D eigenvalue weighted by Crippen LogP contribution is 2.26. The van der Waals surface area contributed by atoms with E-state index in [1.807, 2.05) is 31.3 Å². The molecule has 1 heterocycles. The zero-order chi connectivity index (χ0) is 11.5. The lowest BCUT2D eigenvalue weighted by Gasteiger charge is -2.02. The Bertz CT molecular complexity index is 521. The second kappa shape index (κ2) is 4.32. The number of carbonyl (C=O) groups excluding carboxylic acids is 1. The largest absolute Gasteiger partial charge is 0.351 e. The van der Waals surface area contributed by atoms with Crippen LogP contribution in [-0.4, -0.2) is 11.0 Å². The Morgan fingerprint density at radius 3 is 2.94 bits per heavy atom. The Hall–Kier alpha value is -1.88. The maximum Gasteiger partial charge on any atom is 0.316 e. The number of nitrogens with two attached hydrogens (primary N) is 1. The fourth-order valence-corrected chi connectivity index (χ4v) is 2.12. The third-order valence-electron chi connectivity index (χ3n) is 2.00. The van der Waals surface area contributed by atoms with E-state index in [4.69, 9.17) is 5.73 Å². The quantitative estimate of drug-likeness (QED) is 0.837. The van der Waals surface area contributed by atoms with Crippen LogP contribution in [0.5, 0.6) is 0 Å². The molecule has 0 aliphatic carbocycles. The molecular formula is C11H11N3OS. The van der Waals surface area contributed by atoms with Crippen molar-refractivity contribution in [1.29, 1.82) is 0 Å². The van der Waals surface area contributed by atoms with E-state index in [-0.39, 0.29) is 0 Å². The molecule has 2 aromatic rings. The summed E-state index contributed by atoms with van der Waals surface area (Å²) in [5.74, 6) is 0. The smallest absolute Gasteiger partial charge is 0.316 e. The lowest BCUT2D eigenvalue weighted by atomic mass is 10.2. The summed E-state index contributed by atoms with van der Waals surface area (Å²) in [5.41, 5.74) is 6.71. The minimum Gasteiger partial charge on any atom is -0.351 e. The van der Waals surface area contributed by atoms with Crippen LogP contribution in [0.25, 0.3) is 10.6 Å². The molecule has 1 aromatic carbocycles. The minimum atomic E-state index is -0.563. The number of nitrogens with zero attached hydrogens (tertiary/aromatic N) is 1. The van der Waals surface area contributed by atoms with E-state index in [1.165, 1.54) is 0 Å². The number of anilines is 1. The van der Waals surface area contributed by atoms with Gasteiger partial charge in [0.1, 0.15) is 5.01 Å². The fraction of sp³-hybridized carbons (Fsp3) is 0.0909. The second-order valence-corrected chi connectivity index (χ2v) is 4.58. The highest BCUT2D eigenvalue weighted by atomic mass is 32.1. The highest BCUT2D eigenvalue weighted by Gasteiger charge is 2.04. The van der Waals surface area contributed by atoms with Gasteiger partial charge in [-0.3, -0.25) is 0 Å². The highest BCUT2D eigenvalue weighted by molar-refractivity contribution is 7.14. The molecular weight excluding hydrogens is 222 g/mol. The molecule has 0 unspecified atom stereocenters. The molecule has 0 spiro atoms. The molecule has 1 aromatic heterocycles. The first-order chi connectivity index (χ1) is 7.65. The molecule has 0 radical (unpaired) electrons. The maximum absolute atomic E-state index is 10.7. The number of benzene rings is 1. The molecule has 0 aliphatic heterocycles. The summed E-state index contributed by atoms with van der Waals surface area (Å²) in [6.45, 7) is 2.01. The van der Waals surface area contributed by atoms with Crippen LogP contribution in [0.2, 0.25) is 0 Å². The number of primary amides is 1. The van der Waals surface area contributed by atoms with Crippen molar-refractivity contribution in [2.45, 2.75) is 6.92 Å². The molecule has 0 atom stereocenters. The molecule has 5 heteroatoms. The number of aryl methyl sites for hydroxylation is 1. The van der Waals surface area contributed by atoms with E-state index < -0.39 is 6.03 Å². The standard InChI is InChI=1S/C11H11N3OS/c1-7-6-13-10(16-7)8-3-2-4-9(5-8)14-11(12)15/h2-6H,1H3,(H3,12,14,15). The first-order valence-electron chi connectivity index (χ1n) is 4.74. The summed E-state index contributed by atoms with van der Waals surface area (Å²) >= 11 is 1.61. The van der Waals surface area contributed by atoms with Gasteiger partial charge in [0.15, 0.2) is 0 Å². The van der Waals surface area contributed by atoms with Crippen LogP contribution in [0.1, 0.15) is 4.88 Å². The molecule has 0 bridgehead atoms. The zero-order valence-corrected chi connectivity index (χ0v) is 9.54. The van der Waals surface area contributed by atoms with Crippen molar-refractivity contribution in [3.05, 3.63) is 35.3 Å². The van der Waals surface area contributed by atoms with E-state index in [9.17, 15) is 4.79 Å². The Labute approximate surface area is 97.1 Å². The monoisotopic (exact) mass is 233 g/mol. The van der Waals surface area contributed by atoms with Crippen molar-refractivity contribution in [1.82, 2.24) is 4.98 Å². The SMILES string of the molecule is Cc1cnc(-c2cccc(NC(N)=O)c2)s1. The predicted molar refractivity (Wildman–Crippen MR) is 65.5 cm³/mol.